The van der Waals surface area contributed by atoms with Gasteiger partial charge in [0.15, 0.2) is 0 Å². The van der Waals surface area contributed by atoms with Crippen molar-refractivity contribution in [2.45, 2.75) is 52.9 Å². The number of nitrogens with one attached hydrogen (secondary N) is 1. The highest BCUT2D eigenvalue weighted by atomic mass is 32.2. The van der Waals surface area contributed by atoms with E-state index in [9.17, 15) is 18.0 Å². The summed E-state index contributed by atoms with van der Waals surface area (Å²) < 4.78 is 28.3. The van der Waals surface area contributed by atoms with Crippen LogP contribution in [-0.4, -0.2) is 62.2 Å². The van der Waals surface area contributed by atoms with E-state index in [4.69, 9.17) is 0 Å². The van der Waals surface area contributed by atoms with Crippen molar-refractivity contribution in [2.75, 3.05) is 32.7 Å². The summed E-state index contributed by atoms with van der Waals surface area (Å²) in [5, 5.41) is 2.71. The molecule has 0 radical (unpaired) electrons. The predicted octanol–water partition coefficient (Wildman–Crippen LogP) is 1.83. The van der Waals surface area contributed by atoms with Crippen molar-refractivity contribution >= 4 is 21.8 Å². The second kappa shape index (κ2) is 8.30. The molecular formula is C22H33N3O4S. The van der Waals surface area contributed by atoms with E-state index >= 15 is 0 Å². The SMILES string of the molecule is Cc1c(C)c(C)c(S(=O)(=O)N2CCN(C(=O)CNC(=O)[C@H]3C[C@@H]3C)CC2)c(C)c1C. The molecule has 1 saturated carbocycles. The Bertz CT molecular complexity index is 950. The van der Waals surface area contributed by atoms with Crippen molar-refractivity contribution in [1.82, 2.24) is 14.5 Å². The van der Waals surface area contributed by atoms with Crippen LogP contribution >= 0.6 is 0 Å². The summed E-state index contributed by atoms with van der Waals surface area (Å²) in [6.07, 6.45) is 0.882. The molecule has 1 aliphatic carbocycles. The number of nitrogens with zero attached hydrogens (tertiary/aromatic N) is 2. The Balaban J connectivity index is 1.66. The van der Waals surface area contributed by atoms with Crippen LogP contribution in [0.25, 0.3) is 0 Å². The van der Waals surface area contributed by atoms with E-state index < -0.39 is 10.0 Å². The number of sulfonamides is 1. The smallest absolute Gasteiger partial charge is 0.243 e. The fraction of sp³-hybridized carbons (Fsp3) is 0.636. The highest BCUT2D eigenvalue weighted by molar-refractivity contribution is 7.89. The zero-order valence-electron chi connectivity index (χ0n) is 18.8. The van der Waals surface area contributed by atoms with Crippen LogP contribution in [0.5, 0.6) is 0 Å². The minimum absolute atomic E-state index is 0.0244. The third-order valence-electron chi connectivity index (χ3n) is 6.98. The van der Waals surface area contributed by atoms with Crippen molar-refractivity contribution in [3.63, 3.8) is 0 Å². The largest absolute Gasteiger partial charge is 0.347 e. The van der Waals surface area contributed by atoms with E-state index in [2.05, 4.69) is 5.32 Å². The number of rotatable bonds is 5. The van der Waals surface area contributed by atoms with E-state index in [-0.39, 0.29) is 37.4 Å². The van der Waals surface area contributed by atoms with Crippen LogP contribution < -0.4 is 5.32 Å². The molecule has 7 nitrogen and oxygen atoms in total. The van der Waals surface area contributed by atoms with Crippen LogP contribution in [0.3, 0.4) is 0 Å². The van der Waals surface area contributed by atoms with Crippen LogP contribution in [0.1, 0.15) is 41.2 Å². The molecule has 2 aliphatic rings. The lowest BCUT2D eigenvalue weighted by Crippen LogP contribution is -2.52. The van der Waals surface area contributed by atoms with Gasteiger partial charge >= 0.3 is 0 Å². The summed E-state index contributed by atoms with van der Waals surface area (Å²) in [5.41, 5.74) is 4.73. The maximum absolute atomic E-state index is 13.4. The first kappa shape index (κ1) is 22.7. The molecular weight excluding hydrogens is 402 g/mol. The quantitative estimate of drug-likeness (QED) is 0.765. The summed E-state index contributed by atoms with van der Waals surface area (Å²) in [5.74, 6) is 0.207. The summed E-state index contributed by atoms with van der Waals surface area (Å²) in [4.78, 5) is 26.4. The maximum Gasteiger partial charge on any atom is 0.243 e. The average molecular weight is 436 g/mol. The van der Waals surface area contributed by atoms with Crippen molar-refractivity contribution in [3.8, 4) is 0 Å². The standard InChI is InChI=1S/C22H33N3O4S/c1-13-11-19(13)22(27)23-12-20(26)24-7-9-25(10-8-24)30(28,29)21-17(5)15(3)14(2)16(4)18(21)6/h13,19H,7-12H2,1-6H3,(H,23,27)/t13-,19-/m0/s1. The third-order valence-corrected chi connectivity index (χ3v) is 9.15. The molecule has 1 aliphatic heterocycles. The molecule has 1 heterocycles. The lowest BCUT2D eigenvalue weighted by molar-refractivity contribution is -0.134. The first-order chi connectivity index (χ1) is 14.0. The summed E-state index contributed by atoms with van der Waals surface area (Å²) in [7, 11) is -3.64. The van der Waals surface area contributed by atoms with Crippen LogP contribution in [0.2, 0.25) is 0 Å². The molecule has 2 fully saturated rings. The molecule has 30 heavy (non-hydrogen) atoms. The van der Waals surface area contributed by atoms with Gasteiger partial charge in [-0.25, -0.2) is 8.42 Å². The van der Waals surface area contributed by atoms with E-state index in [0.717, 1.165) is 34.2 Å². The maximum atomic E-state index is 13.4. The van der Waals surface area contributed by atoms with Crippen LogP contribution in [0.4, 0.5) is 0 Å². The summed E-state index contributed by atoms with van der Waals surface area (Å²) >= 11 is 0. The Labute approximate surface area is 179 Å². The van der Waals surface area contributed by atoms with Gasteiger partial charge in [-0.15, -0.1) is 0 Å². The Hall–Kier alpha value is -1.93. The Kier molecular flexibility index (Phi) is 6.30. The minimum atomic E-state index is -3.64. The molecule has 2 atom stereocenters. The topological polar surface area (TPSA) is 86.8 Å². The van der Waals surface area contributed by atoms with Crippen LogP contribution in [-0.2, 0) is 19.6 Å². The Morgan fingerprint density at radius 2 is 1.37 bits per heavy atom. The number of hydrogen-bond acceptors (Lipinski definition) is 4. The van der Waals surface area contributed by atoms with Crippen molar-refractivity contribution in [3.05, 3.63) is 27.8 Å². The fourth-order valence-corrected chi connectivity index (χ4v) is 6.23. The molecule has 1 N–H and O–H groups in total. The van der Waals surface area contributed by atoms with Gasteiger partial charge in [-0.05, 0) is 74.8 Å². The van der Waals surface area contributed by atoms with Gasteiger partial charge in [0.1, 0.15) is 0 Å². The molecule has 1 aromatic carbocycles. The molecule has 0 spiro atoms. The second-order valence-corrected chi connectivity index (χ2v) is 10.7. The zero-order valence-corrected chi connectivity index (χ0v) is 19.6. The molecule has 1 saturated heterocycles. The van der Waals surface area contributed by atoms with Crippen molar-refractivity contribution < 1.29 is 18.0 Å². The molecule has 1 aromatic rings. The Morgan fingerprint density at radius 1 is 0.900 bits per heavy atom. The van der Waals surface area contributed by atoms with Gasteiger partial charge in [-0.3, -0.25) is 9.59 Å². The monoisotopic (exact) mass is 435 g/mol. The van der Waals surface area contributed by atoms with Crippen molar-refractivity contribution in [1.29, 1.82) is 0 Å². The summed E-state index contributed by atoms with van der Waals surface area (Å²) in [6, 6.07) is 0. The molecule has 3 rings (SSSR count). The van der Waals surface area contributed by atoms with Crippen LogP contribution in [0, 0.1) is 46.5 Å². The number of carbonyl (C=O) groups is 2. The normalized spacial score (nSPS) is 22.1. The van der Waals surface area contributed by atoms with E-state index in [1.165, 1.54) is 4.31 Å². The molecule has 0 aromatic heterocycles. The van der Waals surface area contributed by atoms with Gasteiger partial charge in [0.05, 0.1) is 11.4 Å². The number of amides is 2. The average Bonchev–Trinajstić information content (AvgIpc) is 3.45. The molecule has 0 unspecified atom stereocenters. The summed E-state index contributed by atoms with van der Waals surface area (Å²) in [6.45, 7) is 12.8. The first-order valence-corrected chi connectivity index (χ1v) is 12.0. The van der Waals surface area contributed by atoms with Gasteiger partial charge in [0.25, 0.3) is 0 Å². The van der Waals surface area contributed by atoms with Gasteiger partial charge in [-0.2, -0.15) is 4.31 Å². The lowest BCUT2D eigenvalue weighted by Gasteiger charge is -2.35. The van der Waals surface area contributed by atoms with E-state index in [1.807, 2.05) is 41.5 Å². The minimum Gasteiger partial charge on any atom is -0.347 e. The second-order valence-electron chi connectivity index (χ2n) is 8.78. The highest BCUT2D eigenvalue weighted by Crippen LogP contribution is 2.37. The van der Waals surface area contributed by atoms with E-state index in [0.29, 0.717) is 23.9 Å². The fourth-order valence-electron chi connectivity index (χ4n) is 4.25. The molecule has 8 heteroatoms. The predicted molar refractivity (Wildman–Crippen MR) is 116 cm³/mol. The Morgan fingerprint density at radius 3 is 1.83 bits per heavy atom. The third kappa shape index (κ3) is 4.12. The number of piperazine rings is 1. The zero-order chi connectivity index (χ0) is 22.4. The van der Waals surface area contributed by atoms with Crippen LogP contribution in [0.15, 0.2) is 4.90 Å². The lowest BCUT2D eigenvalue weighted by atomic mass is 9.95. The molecule has 0 bridgehead atoms. The molecule has 2 amide bonds. The number of benzene rings is 1. The first-order valence-electron chi connectivity index (χ1n) is 10.6. The van der Waals surface area contributed by atoms with Gasteiger partial charge in [0.2, 0.25) is 21.8 Å². The highest BCUT2D eigenvalue weighted by Gasteiger charge is 2.39. The number of carbonyl (C=O) groups excluding carboxylic acids is 2. The van der Waals surface area contributed by atoms with Gasteiger partial charge < -0.3 is 10.2 Å². The molecule has 166 valence electrons. The number of hydrogen-bond donors (Lipinski definition) is 1. The van der Waals surface area contributed by atoms with Gasteiger partial charge in [-0.1, -0.05) is 6.92 Å². The van der Waals surface area contributed by atoms with Gasteiger partial charge in [0, 0.05) is 32.1 Å². The van der Waals surface area contributed by atoms with Crippen molar-refractivity contribution in [2.24, 2.45) is 11.8 Å². The van der Waals surface area contributed by atoms with E-state index in [1.54, 1.807) is 4.90 Å².